The smallest absolute Gasteiger partial charge is 0.179 e. The Morgan fingerprint density at radius 3 is 2.75 bits per heavy atom. The molecule has 4 nitrogen and oxygen atoms in total. The Labute approximate surface area is 147 Å². The van der Waals surface area contributed by atoms with Crippen molar-refractivity contribution in [3.63, 3.8) is 0 Å². The molecule has 24 heavy (non-hydrogen) atoms. The zero-order valence-corrected chi connectivity index (χ0v) is 14.3. The van der Waals surface area contributed by atoms with Crippen molar-refractivity contribution < 1.29 is 0 Å². The molecule has 2 aromatic carbocycles. The average Bonchev–Trinajstić information content (AvgIpc) is 3.26. The molecule has 122 valence electrons. The number of benzene rings is 2. The lowest BCUT2D eigenvalue weighted by atomic mass is 10.0. The van der Waals surface area contributed by atoms with Gasteiger partial charge in [-0.05, 0) is 41.7 Å². The minimum Gasteiger partial charge on any atom is -0.309 e. The van der Waals surface area contributed by atoms with Crippen LogP contribution in [-0.4, -0.2) is 30.6 Å². The number of hydrogen-bond donors (Lipinski definition) is 1. The van der Waals surface area contributed by atoms with Crippen LogP contribution in [0.25, 0.3) is 11.1 Å². The lowest BCUT2D eigenvalue weighted by Crippen LogP contribution is -2.30. The zero-order chi connectivity index (χ0) is 16.4. The van der Waals surface area contributed by atoms with Crippen LogP contribution in [0, 0.1) is 11.5 Å². The van der Waals surface area contributed by atoms with Crippen LogP contribution in [0.4, 0.5) is 5.69 Å². The first kappa shape index (κ1) is 15.4. The first-order valence-electron chi connectivity index (χ1n) is 8.36. The van der Waals surface area contributed by atoms with E-state index in [1.807, 2.05) is 4.90 Å². The molecule has 1 N–H and O–H groups in total. The molecule has 0 amide bonds. The number of nitrogens with one attached hydrogen (secondary N) is 1. The van der Waals surface area contributed by atoms with Gasteiger partial charge in [-0.1, -0.05) is 36.4 Å². The Morgan fingerprint density at radius 1 is 1.08 bits per heavy atom. The van der Waals surface area contributed by atoms with E-state index in [1.165, 1.54) is 22.4 Å². The molecule has 1 unspecified atom stereocenters. The van der Waals surface area contributed by atoms with Crippen LogP contribution in [0.5, 0.6) is 0 Å². The third-order valence-electron chi connectivity index (χ3n) is 4.70. The topological polar surface area (TPSA) is 42.3 Å². The highest BCUT2D eigenvalue weighted by Gasteiger charge is 2.25. The molecule has 0 radical (unpaired) electrons. The van der Waals surface area contributed by atoms with Gasteiger partial charge in [0.15, 0.2) is 6.19 Å². The van der Waals surface area contributed by atoms with Crippen LogP contribution in [0.15, 0.2) is 48.5 Å². The number of nitrogens with zero attached hydrogens (tertiary/aromatic N) is 3. The molecule has 2 aromatic rings. The van der Waals surface area contributed by atoms with Crippen LogP contribution >= 0.6 is 12.1 Å². The fourth-order valence-corrected chi connectivity index (χ4v) is 4.29. The minimum atomic E-state index is 0.391. The standard InChI is InChI=1S/C19H20N4S/c20-14-22-10-9-18(13-22)21-24-23-11-8-17-12-16(6-7-19(17)23)15-4-2-1-3-5-15/h1-7,12,18,21H,8-11,13H2. The summed E-state index contributed by atoms with van der Waals surface area (Å²) in [4.78, 5) is 1.82. The van der Waals surface area contributed by atoms with Gasteiger partial charge in [-0.3, -0.25) is 0 Å². The highest BCUT2D eigenvalue weighted by molar-refractivity contribution is 7.98. The van der Waals surface area contributed by atoms with Crippen molar-refractivity contribution in [2.45, 2.75) is 18.9 Å². The van der Waals surface area contributed by atoms with E-state index in [0.717, 1.165) is 32.5 Å². The van der Waals surface area contributed by atoms with Gasteiger partial charge in [0, 0.05) is 37.8 Å². The number of hydrogen-bond acceptors (Lipinski definition) is 5. The van der Waals surface area contributed by atoms with E-state index in [1.54, 1.807) is 12.1 Å². The van der Waals surface area contributed by atoms with Gasteiger partial charge in [0.1, 0.15) is 0 Å². The molecule has 1 saturated heterocycles. The summed E-state index contributed by atoms with van der Waals surface area (Å²) in [5.41, 5.74) is 5.28. The molecule has 5 heteroatoms. The van der Waals surface area contributed by atoms with E-state index >= 15 is 0 Å². The number of nitriles is 1. The molecule has 0 aromatic heterocycles. The van der Waals surface area contributed by atoms with Gasteiger partial charge in [0.2, 0.25) is 0 Å². The summed E-state index contributed by atoms with van der Waals surface area (Å²) in [5.74, 6) is 0. The number of fused-ring (bicyclic) bond motifs is 1. The molecule has 0 bridgehead atoms. The van der Waals surface area contributed by atoms with Crippen molar-refractivity contribution in [1.29, 1.82) is 5.26 Å². The Balaban J connectivity index is 1.42. The lowest BCUT2D eigenvalue weighted by Gasteiger charge is -2.20. The largest absolute Gasteiger partial charge is 0.309 e. The second-order valence-corrected chi connectivity index (χ2v) is 7.16. The van der Waals surface area contributed by atoms with Crippen molar-refractivity contribution >= 4 is 17.8 Å². The summed E-state index contributed by atoms with van der Waals surface area (Å²) in [6, 6.07) is 17.7. The Bertz CT molecular complexity index is 756. The number of likely N-dealkylation sites (tertiary alicyclic amines) is 1. The molecule has 0 spiro atoms. The van der Waals surface area contributed by atoms with Gasteiger partial charge in [-0.15, -0.1) is 0 Å². The molecule has 2 heterocycles. The van der Waals surface area contributed by atoms with E-state index in [9.17, 15) is 0 Å². The normalized spacial score (nSPS) is 19.4. The van der Waals surface area contributed by atoms with E-state index in [4.69, 9.17) is 5.26 Å². The maximum Gasteiger partial charge on any atom is 0.179 e. The summed E-state index contributed by atoms with van der Waals surface area (Å²) in [6.07, 6.45) is 4.35. The third-order valence-corrected chi connectivity index (χ3v) is 5.74. The van der Waals surface area contributed by atoms with Gasteiger partial charge in [-0.2, -0.15) is 5.26 Å². The second-order valence-electron chi connectivity index (χ2n) is 6.30. The van der Waals surface area contributed by atoms with Crippen molar-refractivity contribution in [2.75, 3.05) is 23.9 Å². The molecule has 4 rings (SSSR count). The minimum absolute atomic E-state index is 0.391. The van der Waals surface area contributed by atoms with Crippen LogP contribution < -0.4 is 9.03 Å². The van der Waals surface area contributed by atoms with Crippen molar-refractivity contribution in [2.24, 2.45) is 0 Å². The average molecular weight is 336 g/mol. The number of anilines is 1. The summed E-state index contributed by atoms with van der Waals surface area (Å²) in [7, 11) is 0. The molecule has 2 aliphatic rings. The van der Waals surface area contributed by atoms with Gasteiger partial charge >= 0.3 is 0 Å². The predicted molar refractivity (Wildman–Crippen MR) is 99.2 cm³/mol. The summed E-state index contributed by atoms with van der Waals surface area (Å²) < 4.78 is 5.86. The first-order valence-corrected chi connectivity index (χ1v) is 9.14. The SMILES string of the molecule is N#CN1CCC(NSN2CCc3cc(-c4ccccc4)ccc32)C1. The summed E-state index contributed by atoms with van der Waals surface area (Å²) in [5, 5.41) is 8.94. The molecule has 1 fully saturated rings. The quantitative estimate of drug-likeness (QED) is 0.684. The lowest BCUT2D eigenvalue weighted by molar-refractivity contribution is 0.475. The van der Waals surface area contributed by atoms with Gasteiger partial charge in [0.25, 0.3) is 0 Å². The van der Waals surface area contributed by atoms with Crippen LogP contribution in [0.2, 0.25) is 0 Å². The van der Waals surface area contributed by atoms with Gasteiger partial charge in [0.05, 0.1) is 5.69 Å². The van der Waals surface area contributed by atoms with Crippen molar-refractivity contribution in [1.82, 2.24) is 9.62 Å². The van der Waals surface area contributed by atoms with Gasteiger partial charge in [-0.25, -0.2) is 4.72 Å². The van der Waals surface area contributed by atoms with Crippen molar-refractivity contribution in [3.05, 3.63) is 54.1 Å². The van der Waals surface area contributed by atoms with Crippen molar-refractivity contribution in [3.8, 4) is 17.3 Å². The fourth-order valence-electron chi connectivity index (χ4n) is 3.36. The maximum absolute atomic E-state index is 8.94. The van der Waals surface area contributed by atoms with E-state index in [0.29, 0.717) is 6.04 Å². The first-order chi connectivity index (χ1) is 11.8. The molecular formula is C19H20N4S. The molecule has 2 aliphatic heterocycles. The molecular weight excluding hydrogens is 316 g/mol. The summed E-state index contributed by atoms with van der Waals surface area (Å²) >= 11 is 1.69. The van der Waals surface area contributed by atoms with E-state index < -0.39 is 0 Å². The predicted octanol–water partition coefficient (Wildman–Crippen LogP) is 3.42. The van der Waals surface area contributed by atoms with Crippen LogP contribution in [-0.2, 0) is 6.42 Å². The zero-order valence-electron chi connectivity index (χ0n) is 13.5. The molecule has 1 atom stereocenters. The molecule has 0 aliphatic carbocycles. The van der Waals surface area contributed by atoms with Crippen LogP contribution in [0.1, 0.15) is 12.0 Å². The number of rotatable bonds is 4. The molecule has 0 saturated carbocycles. The van der Waals surface area contributed by atoms with E-state index in [-0.39, 0.29) is 0 Å². The Morgan fingerprint density at radius 2 is 1.96 bits per heavy atom. The van der Waals surface area contributed by atoms with Gasteiger partial charge < -0.3 is 9.21 Å². The second kappa shape index (κ2) is 6.76. The highest BCUT2D eigenvalue weighted by atomic mass is 32.2. The summed E-state index contributed by atoms with van der Waals surface area (Å²) in [6.45, 7) is 2.71. The Kier molecular flexibility index (Phi) is 4.33. The monoisotopic (exact) mass is 336 g/mol. The Hall–Kier alpha value is -2.16. The maximum atomic E-state index is 8.94. The highest BCUT2D eigenvalue weighted by Crippen LogP contribution is 2.35. The van der Waals surface area contributed by atoms with Crippen LogP contribution in [0.3, 0.4) is 0 Å². The van der Waals surface area contributed by atoms with E-state index in [2.05, 4.69) is 63.8 Å². The third kappa shape index (κ3) is 3.08. The fraction of sp³-hybridized carbons (Fsp3) is 0.316.